The Labute approximate surface area is 160 Å². The van der Waals surface area contributed by atoms with Gasteiger partial charge in [-0.15, -0.1) is 0 Å². The van der Waals surface area contributed by atoms with Crippen molar-refractivity contribution in [3.8, 4) is 0 Å². The molecule has 148 valence electrons. The predicted octanol–water partition coefficient (Wildman–Crippen LogP) is 2.10. The average molecular weight is 374 g/mol. The van der Waals surface area contributed by atoms with Gasteiger partial charge in [0.2, 0.25) is 0 Å². The van der Waals surface area contributed by atoms with Gasteiger partial charge in [-0.05, 0) is 58.3 Å². The SMILES string of the molecule is CCCN1C(=O)N2CC[C@@H](C)NC2=C2NC(C34CCC(O)(CC3)CC4)=NC21. The fourth-order valence-electron chi connectivity index (χ4n) is 5.56. The van der Waals surface area contributed by atoms with Crippen LogP contribution in [-0.2, 0) is 0 Å². The number of aliphatic imine (C=N–C) groups is 1. The van der Waals surface area contributed by atoms with Crippen LogP contribution < -0.4 is 10.6 Å². The Morgan fingerprint density at radius 2 is 1.93 bits per heavy atom. The number of hydrogen-bond donors (Lipinski definition) is 3. The smallest absolute Gasteiger partial charge is 0.327 e. The second kappa shape index (κ2) is 5.87. The summed E-state index contributed by atoms with van der Waals surface area (Å²) in [6.07, 6.45) is 7.21. The number of urea groups is 1. The van der Waals surface area contributed by atoms with Gasteiger partial charge in [-0.25, -0.2) is 9.79 Å². The molecule has 3 N–H and O–H groups in total. The van der Waals surface area contributed by atoms with Gasteiger partial charge in [0, 0.05) is 24.5 Å². The van der Waals surface area contributed by atoms with E-state index in [1.54, 1.807) is 0 Å². The maximum atomic E-state index is 13.1. The predicted molar refractivity (Wildman–Crippen MR) is 103 cm³/mol. The number of rotatable bonds is 3. The molecular formula is C20H31N5O2. The first-order valence-corrected chi connectivity index (χ1v) is 10.6. The minimum Gasteiger partial charge on any atom is -0.390 e. The number of amidine groups is 1. The first-order valence-electron chi connectivity index (χ1n) is 10.6. The van der Waals surface area contributed by atoms with Gasteiger partial charge in [-0.3, -0.25) is 9.80 Å². The summed E-state index contributed by atoms with van der Waals surface area (Å²) in [5.41, 5.74) is 0.642. The van der Waals surface area contributed by atoms with E-state index in [4.69, 9.17) is 4.99 Å². The Bertz CT molecular complexity index is 705. The zero-order valence-electron chi connectivity index (χ0n) is 16.4. The molecule has 2 atom stereocenters. The van der Waals surface area contributed by atoms with Crippen molar-refractivity contribution in [3.05, 3.63) is 11.5 Å². The van der Waals surface area contributed by atoms with Crippen molar-refractivity contribution in [2.75, 3.05) is 13.1 Å². The molecule has 0 spiro atoms. The number of nitrogens with zero attached hydrogens (tertiary/aromatic N) is 3. The lowest BCUT2D eigenvalue weighted by Crippen LogP contribution is -2.59. The highest BCUT2D eigenvalue weighted by Gasteiger charge is 2.54. The standard InChI is InChI=1S/C20H31N5O2/c1-3-11-24-16-14(15-21-13(2)4-12-25(15)18(24)26)22-17(23-16)19-5-8-20(27,9-6-19)10-7-19/h13,16,21,27H,3-12H2,1-2H3,(H,22,23)/t13-,16?,19?,20?/m1/s1. The maximum Gasteiger partial charge on any atom is 0.327 e. The summed E-state index contributed by atoms with van der Waals surface area (Å²) < 4.78 is 0. The molecule has 4 fully saturated rings. The highest BCUT2D eigenvalue weighted by Crippen LogP contribution is 2.53. The van der Waals surface area contributed by atoms with E-state index in [2.05, 4.69) is 24.5 Å². The molecule has 0 radical (unpaired) electrons. The highest BCUT2D eigenvalue weighted by molar-refractivity contribution is 5.94. The summed E-state index contributed by atoms with van der Waals surface area (Å²) >= 11 is 0. The number of hydrogen-bond acceptors (Lipinski definition) is 5. The van der Waals surface area contributed by atoms with Crippen molar-refractivity contribution in [1.29, 1.82) is 0 Å². The zero-order valence-corrected chi connectivity index (χ0v) is 16.4. The summed E-state index contributed by atoms with van der Waals surface area (Å²) in [6, 6.07) is 0.435. The lowest BCUT2D eigenvalue weighted by Gasteiger charge is -2.50. The molecule has 2 bridgehead atoms. The van der Waals surface area contributed by atoms with Crippen LogP contribution in [0.4, 0.5) is 4.79 Å². The summed E-state index contributed by atoms with van der Waals surface area (Å²) in [5, 5.41) is 17.8. The van der Waals surface area contributed by atoms with Gasteiger partial charge in [0.1, 0.15) is 17.4 Å². The number of carbonyl (C=O) groups is 1. The molecule has 7 nitrogen and oxygen atoms in total. The largest absolute Gasteiger partial charge is 0.390 e. The third-order valence-electron chi connectivity index (χ3n) is 7.40. The van der Waals surface area contributed by atoms with E-state index in [9.17, 15) is 9.90 Å². The van der Waals surface area contributed by atoms with E-state index in [1.807, 2.05) is 9.80 Å². The van der Waals surface area contributed by atoms with E-state index in [-0.39, 0.29) is 17.6 Å². The third kappa shape index (κ3) is 2.50. The maximum absolute atomic E-state index is 13.1. The molecule has 3 aliphatic heterocycles. The molecule has 6 aliphatic rings. The van der Waals surface area contributed by atoms with Crippen molar-refractivity contribution < 1.29 is 9.90 Å². The van der Waals surface area contributed by atoms with Crippen LogP contribution in [-0.4, -0.2) is 57.7 Å². The van der Waals surface area contributed by atoms with Gasteiger partial charge in [0.05, 0.1) is 5.60 Å². The molecule has 27 heavy (non-hydrogen) atoms. The quantitative estimate of drug-likeness (QED) is 0.708. The van der Waals surface area contributed by atoms with E-state index in [0.29, 0.717) is 6.04 Å². The molecule has 7 heteroatoms. The van der Waals surface area contributed by atoms with Crippen LogP contribution in [0.3, 0.4) is 0 Å². The number of carbonyl (C=O) groups excluding carboxylic acids is 1. The van der Waals surface area contributed by atoms with E-state index in [1.165, 1.54) is 0 Å². The molecule has 0 aromatic rings. The summed E-state index contributed by atoms with van der Waals surface area (Å²) in [4.78, 5) is 22.0. The van der Waals surface area contributed by atoms with E-state index >= 15 is 0 Å². The summed E-state index contributed by atoms with van der Waals surface area (Å²) in [7, 11) is 0. The molecule has 3 heterocycles. The molecule has 0 aromatic carbocycles. The minimum absolute atomic E-state index is 0.0431. The number of fused-ring (bicyclic) bond motifs is 5. The van der Waals surface area contributed by atoms with Crippen LogP contribution in [0.15, 0.2) is 16.5 Å². The molecule has 6 rings (SSSR count). The van der Waals surface area contributed by atoms with Gasteiger partial charge in [0.25, 0.3) is 0 Å². The van der Waals surface area contributed by atoms with Crippen LogP contribution in [0.1, 0.15) is 65.2 Å². The van der Waals surface area contributed by atoms with Crippen molar-refractivity contribution in [3.63, 3.8) is 0 Å². The summed E-state index contributed by atoms with van der Waals surface area (Å²) in [6.45, 7) is 5.75. The van der Waals surface area contributed by atoms with Gasteiger partial charge in [0.15, 0.2) is 6.17 Å². The normalized spacial score (nSPS) is 40.4. The molecule has 1 saturated heterocycles. The molecule has 3 saturated carbocycles. The Morgan fingerprint density at radius 3 is 2.59 bits per heavy atom. The Morgan fingerprint density at radius 1 is 1.22 bits per heavy atom. The number of amides is 2. The zero-order chi connectivity index (χ0) is 18.8. The number of nitrogens with one attached hydrogen (secondary N) is 2. The Kier molecular flexibility index (Phi) is 3.77. The van der Waals surface area contributed by atoms with Crippen molar-refractivity contribution in [1.82, 2.24) is 20.4 Å². The molecule has 3 aliphatic carbocycles. The Hall–Kier alpha value is -1.76. The Balaban J connectivity index is 1.52. The lowest BCUT2D eigenvalue weighted by atomic mass is 9.58. The first-order chi connectivity index (χ1) is 12.9. The van der Waals surface area contributed by atoms with Crippen LogP contribution in [0, 0.1) is 5.41 Å². The van der Waals surface area contributed by atoms with Crippen LogP contribution in [0.25, 0.3) is 0 Å². The van der Waals surface area contributed by atoms with Crippen molar-refractivity contribution >= 4 is 11.9 Å². The van der Waals surface area contributed by atoms with Gasteiger partial charge < -0.3 is 15.7 Å². The third-order valence-corrected chi connectivity index (χ3v) is 7.40. The second-order valence-electron chi connectivity index (χ2n) is 9.20. The molecule has 2 amide bonds. The monoisotopic (exact) mass is 373 g/mol. The van der Waals surface area contributed by atoms with E-state index < -0.39 is 5.60 Å². The van der Waals surface area contributed by atoms with Crippen molar-refractivity contribution in [2.24, 2.45) is 10.4 Å². The molecular weight excluding hydrogens is 342 g/mol. The first kappa shape index (κ1) is 17.3. The molecule has 0 aromatic heterocycles. The van der Waals surface area contributed by atoms with Gasteiger partial charge in [-0.2, -0.15) is 0 Å². The topological polar surface area (TPSA) is 80.2 Å². The highest BCUT2D eigenvalue weighted by atomic mass is 16.3. The van der Waals surface area contributed by atoms with E-state index in [0.717, 1.165) is 81.8 Å². The van der Waals surface area contributed by atoms with Crippen LogP contribution >= 0.6 is 0 Å². The second-order valence-corrected chi connectivity index (χ2v) is 9.20. The van der Waals surface area contributed by atoms with Crippen LogP contribution in [0.2, 0.25) is 0 Å². The van der Waals surface area contributed by atoms with Crippen molar-refractivity contribution in [2.45, 2.75) is 83.0 Å². The lowest BCUT2D eigenvalue weighted by molar-refractivity contribution is -0.0705. The minimum atomic E-state index is -0.447. The number of aliphatic hydroxyl groups is 1. The van der Waals surface area contributed by atoms with Gasteiger partial charge >= 0.3 is 6.03 Å². The fourth-order valence-corrected chi connectivity index (χ4v) is 5.56. The summed E-state index contributed by atoms with van der Waals surface area (Å²) in [5.74, 6) is 1.97. The van der Waals surface area contributed by atoms with Crippen LogP contribution in [0.5, 0.6) is 0 Å². The van der Waals surface area contributed by atoms with Gasteiger partial charge in [-0.1, -0.05) is 6.92 Å². The average Bonchev–Trinajstić information content (AvgIpc) is 3.12. The fraction of sp³-hybridized carbons (Fsp3) is 0.800. The molecule has 1 unspecified atom stereocenters.